The van der Waals surface area contributed by atoms with E-state index in [9.17, 15) is 14.4 Å². The summed E-state index contributed by atoms with van der Waals surface area (Å²) in [6.07, 6.45) is 1.28. The number of hydrogen-bond donors (Lipinski definition) is 2. The normalized spacial score (nSPS) is 31.7. The summed E-state index contributed by atoms with van der Waals surface area (Å²) >= 11 is 0. The molecule has 3 atom stereocenters. The molecule has 7 heteroatoms. The number of carbonyl (C=O) groups is 3. The summed E-state index contributed by atoms with van der Waals surface area (Å²) in [4.78, 5) is 36.3. The van der Waals surface area contributed by atoms with Gasteiger partial charge in [-0.25, -0.2) is 0 Å². The zero-order valence-corrected chi connectivity index (χ0v) is 11.1. The van der Waals surface area contributed by atoms with E-state index < -0.39 is 6.04 Å². The molecular formula is C12H19N3O4. The third-order valence-electron chi connectivity index (χ3n) is 3.71. The van der Waals surface area contributed by atoms with Crippen molar-refractivity contribution in [3.8, 4) is 0 Å². The van der Waals surface area contributed by atoms with Crippen molar-refractivity contribution in [1.82, 2.24) is 15.5 Å². The van der Waals surface area contributed by atoms with Crippen LogP contribution in [0, 0.1) is 0 Å². The Labute approximate surface area is 111 Å². The fraction of sp³-hybridized carbons (Fsp3) is 0.750. The van der Waals surface area contributed by atoms with Crippen LogP contribution in [-0.2, 0) is 19.1 Å². The molecule has 2 heterocycles. The van der Waals surface area contributed by atoms with Gasteiger partial charge >= 0.3 is 0 Å². The Kier molecular flexibility index (Phi) is 4.16. The van der Waals surface area contributed by atoms with Crippen molar-refractivity contribution in [2.45, 2.75) is 37.5 Å². The molecular weight excluding hydrogens is 250 g/mol. The first-order valence-corrected chi connectivity index (χ1v) is 6.40. The summed E-state index contributed by atoms with van der Waals surface area (Å²) in [7, 11) is 3.05. The Bertz CT molecular complexity index is 398. The van der Waals surface area contributed by atoms with Crippen molar-refractivity contribution in [3.63, 3.8) is 0 Å². The average Bonchev–Trinajstić information content (AvgIpc) is 2.88. The lowest BCUT2D eigenvalue weighted by atomic mass is 10.0. The number of carbonyl (C=O) groups excluding carboxylic acids is 3. The molecule has 0 aromatic carbocycles. The molecule has 0 radical (unpaired) electrons. The standard InChI is InChI=1S/C12H19N3O4/c1-15-10(16)4-3-8(12(15)18)14-11(17)9-5-7(19-2)6-13-9/h7-9,13H,3-6H2,1-2H3,(H,14,17). The van der Waals surface area contributed by atoms with Crippen molar-refractivity contribution in [3.05, 3.63) is 0 Å². The third-order valence-corrected chi connectivity index (χ3v) is 3.71. The molecule has 19 heavy (non-hydrogen) atoms. The summed E-state index contributed by atoms with van der Waals surface area (Å²) < 4.78 is 5.17. The Morgan fingerprint density at radius 3 is 2.84 bits per heavy atom. The number of hydrogen-bond acceptors (Lipinski definition) is 5. The molecule has 106 valence electrons. The molecule has 0 aromatic heterocycles. The molecule has 2 saturated heterocycles. The van der Waals surface area contributed by atoms with Crippen molar-refractivity contribution in [1.29, 1.82) is 0 Å². The number of methoxy groups -OCH3 is 1. The van der Waals surface area contributed by atoms with Crippen LogP contribution in [0.1, 0.15) is 19.3 Å². The van der Waals surface area contributed by atoms with E-state index in [0.29, 0.717) is 19.4 Å². The van der Waals surface area contributed by atoms with E-state index >= 15 is 0 Å². The molecule has 0 saturated carbocycles. The Balaban J connectivity index is 1.89. The zero-order chi connectivity index (χ0) is 14.0. The monoisotopic (exact) mass is 269 g/mol. The number of likely N-dealkylation sites (tertiary alicyclic amines) is 1. The van der Waals surface area contributed by atoms with Crippen LogP contribution in [0.5, 0.6) is 0 Å². The second-order valence-corrected chi connectivity index (χ2v) is 4.95. The lowest BCUT2D eigenvalue weighted by Gasteiger charge is -2.28. The third kappa shape index (κ3) is 2.93. The molecule has 3 unspecified atom stereocenters. The summed E-state index contributed by atoms with van der Waals surface area (Å²) in [6.45, 7) is 0.631. The van der Waals surface area contributed by atoms with Gasteiger partial charge in [-0.2, -0.15) is 0 Å². The first-order chi connectivity index (χ1) is 9.02. The number of amides is 3. The summed E-state index contributed by atoms with van der Waals surface area (Å²) in [6, 6.07) is -0.931. The predicted molar refractivity (Wildman–Crippen MR) is 66.1 cm³/mol. The van der Waals surface area contributed by atoms with Crippen LogP contribution in [0.15, 0.2) is 0 Å². The van der Waals surface area contributed by atoms with Gasteiger partial charge in [0.15, 0.2) is 0 Å². The number of piperidine rings is 1. The number of nitrogens with zero attached hydrogens (tertiary/aromatic N) is 1. The van der Waals surface area contributed by atoms with Gasteiger partial charge in [0.1, 0.15) is 6.04 Å². The number of nitrogens with one attached hydrogen (secondary N) is 2. The fourth-order valence-corrected chi connectivity index (χ4v) is 2.40. The number of imide groups is 1. The van der Waals surface area contributed by atoms with E-state index in [4.69, 9.17) is 4.74 Å². The molecule has 7 nitrogen and oxygen atoms in total. The van der Waals surface area contributed by atoms with Gasteiger partial charge in [-0.3, -0.25) is 19.3 Å². The Morgan fingerprint density at radius 2 is 2.21 bits per heavy atom. The van der Waals surface area contributed by atoms with E-state index in [1.165, 1.54) is 7.05 Å². The van der Waals surface area contributed by atoms with E-state index in [0.717, 1.165) is 4.90 Å². The van der Waals surface area contributed by atoms with E-state index in [2.05, 4.69) is 10.6 Å². The summed E-state index contributed by atoms with van der Waals surface area (Å²) in [5.74, 6) is -0.750. The maximum atomic E-state index is 12.0. The highest BCUT2D eigenvalue weighted by Crippen LogP contribution is 2.14. The highest BCUT2D eigenvalue weighted by Gasteiger charge is 2.36. The van der Waals surface area contributed by atoms with Gasteiger partial charge in [0.2, 0.25) is 11.8 Å². The topological polar surface area (TPSA) is 87.7 Å². The van der Waals surface area contributed by atoms with E-state index in [-0.39, 0.29) is 36.3 Å². The van der Waals surface area contributed by atoms with Gasteiger partial charge in [-0.05, 0) is 12.8 Å². The molecule has 0 spiro atoms. The van der Waals surface area contributed by atoms with Gasteiger partial charge in [0.05, 0.1) is 12.1 Å². The van der Waals surface area contributed by atoms with Crippen molar-refractivity contribution in [2.75, 3.05) is 20.7 Å². The average molecular weight is 269 g/mol. The predicted octanol–water partition coefficient (Wildman–Crippen LogP) is -1.37. The molecule has 2 aliphatic rings. The number of likely N-dealkylation sites (N-methyl/N-ethyl adjacent to an activating group) is 1. The summed E-state index contributed by atoms with van der Waals surface area (Å²) in [5.41, 5.74) is 0. The van der Waals surface area contributed by atoms with Crippen LogP contribution in [-0.4, -0.2) is 61.5 Å². The molecule has 2 aliphatic heterocycles. The van der Waals surface area contributed by atoms with Gasteiger partial charge < -0.3 is 15.4 Å². The van der Waals surface area contributed by atoms with Gasteiger partial charge in [-0.15, -0.1) is 0 Å². The minimum absolute atomic E-state index is 0.0297. The van der Waals surface area contributed by atoms with Crippen LogP contribution in [0.3, 0.4) is 0 Å². The molecule has 0 aromatic rings. The summed E-state index contributed by atoms with van der Waals surface area (Å²) in [5, 5.41) is 5.76. The zero-order valence-electron chi connectivity index (χ0n) is 11.1. The van der Waals surface area contributed by atoms with E-state index in [1.807, 2.05) is 0 Å². The highest BCUT2D eigenvalue weighted by molar-refractivity contribution is 6.01. The second-order valence-electron chi connectivity index (χ2n) is 4.95. The first-order valence-electron chi connectivity index (χ1n) is 6.40. The second kappa shape index (κ2) is 5.66. The Hall–Kier alpha value is -1.47. The number of rotatable bonds is 3. The van der Waals surface area contributed by atoms with Crippen LogP contribution in [0.4, 0.5) is 0 Å². The minimum atomic E-state index is -0.599. The van der Waals surface area contributed by atoms with E-state index in [1.54, 1.807) is 7.11 Å². The van der Waals surface area contributed by atoms with Crippen molar-refractivity contribution < 1.29 is 19.1 Å². The maximum Gasteiger partial charge on any atom is 0.251 e. The smallest absolute Gasteiger partial charge is 0.251 e. The Morgan fingerprint density at radius 1 is 1.47 bits per heavy atom. The largest absolute Gasteiger partial charge is 0.380 e. The lowest BCUT2D eigenvalue weighted by Crippen LogP contribution is -2.55. The van der Waals surface area contributed by atoms with Crippen LogP contribution in [0.25, 0.3) is 0 Å². The van der Waals surface area contributed by atoms with Crippen molar-refractivity contribution >= 4 is 17.7 Å². The maximum absolute atomic E-state index is 12.0. The van der Waals surface area contributed by atoms with Crippen LogP contribution < -0.4 is 10.6 Å². The number of ether oxygens (including phenoxy) is 1. The van der Waals surface area contributed by atoms with Crippen LogP contribution >= 0.6 is 0 Å². The quantitative estimate of drug-likeness (QED) is 0.617. The minimum Gasteiger partial charge on any atom is -0.380 e. The molecule has 3 amide bonds. The highest BCUT2D eigenvalue weighted by atomic mass is 16.5. The molecule has 2 N–H and O–H groups in total. The molecule has 2 fully saturated rings. The van der Waals surface area contributed by atoms with Gasteiger partial charge in [-0.1, -0.05) is 0 Å². The van der Waals surface area contributed by atoms with Crippen LogP contribution in [0.2, 0.25) is 0 Å². The SMILES string of the molecule is COC1CNC(C(=O)NC2CCC(=O)N(C)C2=O)C1. The van der Waals surface area contributed by atoms with Gasteiger partial charge in [0, 0.05) is 27.1 Å². The molecule has 0 bridgehead atoms. The molecule has 2 rings (SSSR count). The first kappa shape index (κ1) is 14.0. The molecule has 0 aliphatic carbocycles. The van der Waals surface area contributed by atoms with Gasteiger partial charge in [0.25, 0.3) is 5.91 Å². The lowest BCUT2D eigenvalue weighted by molar-refractivity contribution is -0.149. The van der Waals surface area contributed by atoms with Crippen molar-refractivity contribution in [2.24, 2.45) is 0 Å². The fourth-order valence-electron chi connectivity index (χ4n) is 2.40.